The van der Waals surface area contributed by atoms with E-state index in [4.69, 9.17) is 4.74 Å². The monoisotopic (exact) mass is 467 g/mol. The Hall–Kier alpha value is -3.17. The Balaban J connectivity index is 1.58. The van der Waals surface area contributed by atoms with Crippen molar-refractivity contribution in [1.29, 1.82) is 0 Å². The van der Waals surface area contributed by atoms with Crippen LogP contribution in [0.5, 0.6) is 0 Å². The van der Waals surface area contributed by atoms with Crippen molar-refractivity contribution in [1.82, 2.24) is 9.88 Å². The summed E-state index contributed by atoms with van der Waals surface area (Å²) in [7, 11) is 0. The summed E-state index contributed by atoms with van der Waals surface area (Å²) in [6, 6.07) is 8.04. The Morgan fingerprint density at radius 3 is 2.73 bits per heavy atom. The maximum Gasteiger partial charge on any atom is 0.419 e. The van der Waals surface area contributed by atoms with Crippen molar-refractivity contribution in [2.24, 2.45) is 5.92 Å². The van der Waals surface area contributed by atoms with Gasteiger partial charge in [0.05, 0.1) is 11.5 Å². The van der Waals surface area contributed by atoms with Gasteiger partial charge in [-0.15, -0.1) is 0 Å². The van der Waals surface area contributed by atoms with Crippen LogP contribution in [-0.2, 0) is 27.0 Å². The van der Waals surface area contributed by atoms with E-state index in [0.29, 0.717) is 31.5 Å². The van der Waals surface area contributed by atoms with Gasteiger partial charge in [0.1, 0.15) is 11.6 Å². The minimum Gasteiger partial charge on any atom is -0.455 e. The van der Waals surface area contributed by atoms with E-state index in [2.05, 4.69) is 4.98 Å². The highest BCUT2D eigenvalue weighted by Crippen LogP contribution is 2.36. The van der Waals surface area contributed by atoms with Crippen LogP contribution in [0, 0.1) is 11.7 Å². The summed E-state index contributed by atoms with van der Waals surface area (Å²) in [5.41, 5.74) is -0.250. The fourth-order valence-corrected chi connectivity index (χ4v) is 3.81. The maximum absolute atomic E-state index is 13.4. The summed E-state index contributed by atoms with van der Waals surface area (Å²) < 4.78 is 58.6. The van der Waals surface area contributed by atoms with Crippen LogP contribution < -0.4 is 4.90 Å². The molecule has 3 rings (SSSR count). The molecule has 0 saturated carbocycles. The van der Waals surface area contributed by atoms with Gasteiger partial charge in [0.2, 0.25) is 0 Å². The Morgan fingerprint density at radius 1 is 1.24 bits per heavy atom. The molecule has 0 radical (unpaired) electrons. The molecule has 178 valence electrons. The highest BCUT2D eigenvalue weighted by molar-refractivity contribution is 5.81. The molecule has 1 aliphatic rings. The van der Waals surface area contributed by atoms with E-state index in [-0.39, 0.29) is 18.9 Å². The molecule has 1 aromatic carbocycles. The second-order valence-electron chi connectivity index (χ2n) is 7.80. The molecule has 33 heavy (non-hydrogen) atoms. The van der Waals surface area contributed by atoms with Crippen LogP contribution >= 0.6 is 0 Å². The normalized spacial score (nSPS) is 16.4. The minimum atomic E-state index is -4.56. The summed E-state index contributed by atoms with van der Waals surface area (Å²) in [5.74, 6) is -2.38. The molecule has 0 aliphatic carbocycles. The molecule has 1 atom stereocenters. The van der Waals surface area contributed by atoms with Gasteiger partial charge in [-0.05, 0) is 49.6 Å². The molecular weight excluding hydrogens is 442 g/mol. The molecular formula is C23H25F4N3O3. The highest BCUT2D eigenvalue weighted by atomic mass is 19.4. The SMILES string of the molecule is CCN(Cc1cccc(F)c1)C(=O)COC(=O)C1CCCN(c2ncccc2C(F)(F)F)C1. The van der Waals surface area contributed by atoms with Crippen LogP contribution in [0.3, 0.4) is 0 Å². The number of benzene rings is 1. The molecule has 1 aliphatic heterocycles. The first-order valence-electron chi connectivity index (χ1n) is 10.6. The number of rotatable bonds is 7. The number of hydrogen-bond acceptors (Lipinski definition) is 5. The van der Waals surface area contributed by atoms with Gasteiger partial charge in [-0.2, -0.15) is 13.2 Å². The fraction of sp³-hybridized carbons (Fsp3) is 0.435. The largest absolute Gasteiger partial charge is 0.455 e. The average molecular weight is 467 g/mol. The molecule has 10 heteroatoms. The summed E-state index contributed by atoms with van der Waals surface area (Å²) in [5, 5.41) is 0. The quantitative estimate of drug-likeness (QED) is 0.454. The molecule has 1 fully saturated rings. The zero-order valence-corrected chi connectivity index (χ0v) is 18.1. The van der Waals surface area contributed by atoms with Crippen LogP contribution in [0.15, 0.2) is 42.6 Å². The first kappa shape index (κ1) is 24.5. The first-order chi connectivity index (χ1) is 15.7. The molecule has 0 bridgehead atoms. The molecule has 1 amide bonds. The summed E-state index contributed by atoms with van der Waals surface area (Å²) in [6.07, 6.45) is -2.35. The number of esters is 1. The minimum absolute atomic E-state index is 0.0217. The van der Waals surface area contributed by atoms with E-state index < -0.39 is 42.0 Å². The Bertz CT molecular complexity index is 983. The zero-order chi connectivity index (χ0) is 24.0. The van der Waals surface area contributed by atoms with E-state index >= 15 is 0 Å². The van der Waals surface area contributed by atoms with Gasteiger partial charge in [0.15, 0.2) is 6.61 Å². The number of ether oxygens (including phenoxy) is 1. The van der Waals surface area contributed by atoms with Crippen molar-refractivity contribution >= 4 is 17.7 Å². The number of halogens is 4. The number of nitrogens with zero attached hydrogens (tertiary/aromatic N) is 3. The predicted octanol–water partition coefficient (Wildman–Crippen LogP) is 4.05. The molecule has 1 unspecified atom stereocenters. The number of anilines is 1. The number of likely N-dealkylation sites (N-methyl/N-ethyl adjacent to an activating group) is 1. The van der Waals surface area contributed by atoms with Gasteiger partial charge in [-0.25, -0.2) is 9.37 Å². The van der Waals surface area contributed by atoms with Gasteiger partial charge >= 0.3 is 12.1 Å². The van der Waals surface area contributed by atoms with Crippen molar-refractivity contribution in [3.05, 3.63) is 59.5 Å². The lowest BCUT2D eigenvalue weighted by molar-refractivity contribution is -0.155. The number of alkyl halides is 3. The van der Waals surface area contributed by atoms with E-state index in [1.54, 1.807) is 19.1 Å². The second-order valence-corrected chi connectivity index (χ2v) is 7.80. The Morgan fingerprint density at radius 2 is 2.03 bits per heavy atom. The third-order valence-corrected chi connectivity index (χ3v) is 5.48. The van der Waals surface area contributed by atoms with Crippen molar-refractivity contribution in [3.63, 3.8) is 0 Å². The number of hydrogen-bond donors (Lipinski definition) is 0. The van der Waals surface area contributed by atoms with Gasteiger partial charge in [-0.3, -0.25) is 9.59 Å². The third kappa shape index (κ3) is 6.43. The highest BCUT2D eigenvalue weighted by Gasteiger charge is 2.37. The summed E-state index contributed by atoms with van der Waals surface area (Å²) in [4.78, 5) is 31.8. The van der Waals surface area contributed by atoms with Crippen molar-refractivity contribution in [2.45, 2.75) is 32.5 Å². The average Bonchev–Trinajstić information content (AvgIpc) is 2.80. The van der Waals surface area contributed by atoms with Gasteiger partial charge < -0.3 is 14.5 Å². The molecule has 0 N–H and O–H groups in total. The fourth-order valence-electron chi connectivity index (χ4n) is 3.81. The van der Waals surface area contributed by atoms with Crippen LogP contribution in [0.4, 0.5) is 23.4 Å². The van der Waals surface area contributed by atoms with E-state index in [1.165, 1.54) is 34.2 Å². The number of piperidine rings is 1. The summed E-state index contributed by atoms with van der Waals surface area (Å²) >= 11 is 0. The molecule has 6 nitrogen and oxygen atoms in total. The number of pyridine rings is 1. The standard InChI is InChI=1S/C23H25F4N3O3/c1-2-29(13-16-6-3-8-18(24)12-16)20(31)15-33-22(32)17-7-5-11-30(14-17)21-19(23(25,26)27)9-4-10-28-21/h3-4,6,8-10,12,17H,2,5,7,11,13-15H2,1H3. The third-order valence-electron chi connectivity index (χ3n) is 5.48. The van der Waals surface area contributed by atoms with E-state index in [1.807, 2.05) is 0 Å². The lowest BCUT2D eigenvalue weighted by atomic mass is 9.98. The van der Waals surface area contributed by atoms with Gasteiger partial charge in [0, 0.05) is 32.4 Å². The molecule has 1 saturated heterocycles. The number of carbonyl (C=O) groups is 2. The van der Waals surface area contributed by atoms with Crippen LogP contribution in [0.2, 0.25) is 0 Å². The smallest absolute Gasteiger partial charge is 0.419 e. The van der Waals surface area contributed by atoms with Crippen LogP contribution in [-0.4, -0.2) is 48.0 Å². The summed E-state index contributed by atoms with van der Waals surface area (Å²) in [6.45, 7) is 2.12. The topological polar surface area (TPSA) is 62.7 Å². The predicted molar refractivity (Wildman–Crippen MR) is 113 cm³/mol. The molecule has 1 aromatic heterocycles. The molecule has 0 spiro atoms. The van der Waals surface area contributed by atoms with Crippen molar-refractivity contribution < 1.29 is 31.9 Å². The lowest BCUT2D eigenvalue weighted by Gasteiger charge is -2.33. The van der Waals surface area contributed by atoms with Crippen molar-refractivity contribution in [2.75, 3.05) is 31.1 Å². The van der Waals surface area contributed by atoms with Gasteiger partial charge in [-0.1, -0.05) is 12.1 Å². The molecule has 2 aromatic rings. The zero-order valence-electron chi connectivity index (χ0n) is 18.1. The lowest BCUT2D eigenvalue weighted by Crippen LogP contribution is -2.41. The molecule has 2 heterocycles. The van der Waals surface area contributed by atoms with E-state index in [9.17, 15) is 27.2 Å². The Labute approximate surface area is 189 Å². The van der Waals surface area contributed by atoms with Crippen molar-refractivity contribution in [3.8, 4) is 0 Å². The van der Waals surface area contributed by atoms with Crippen LogP contribution in [0.25, 0.3) is 0 Å². The number of amides is 1. The second kappa shape index (κ2) is 10.6. The Kier molecular flexibility index (Phi) is 7.88. The first-order valence-corrected chi connectivity index (χ1v) is 10.6. The number of carbonyl (C=O) groups excluding carboxylic acids is 2. The van der Waals surface area contributed by atoms with Crippen LogP contribution in [0.1, 0.15) is 30.9 Å². The maximum atomic E-state index is 13.4. The van der Waals surface area contributed by atoms with Gasteiger partial charge in [0.25, 0.3) is 5.91 Å². The van der Waals surface area contributed by atoms with E-state index in [0.717, 1.165) is 6.07 Å². The number of aromatic nitrogens is 1.